The first-order chi connectivity index (χ1) is 9.78. The molecular formula is C16H21N3S. The molecule has 0 saturated heterocycles. The maximum Gasteiger partial charge on any atom is 0.126 e. The van der Waals surface area contributed by atoms with Crippen molar-refractivity contribution >= 4 is 17.2 Å². The molecule has 1 aliphatic heterocycles. The zero-order valence-corrected chi connectivity index (χ0v) is 12.9. The summed E-state index contributed by atoms with van der Waals surface area (Å²) < 4.78 is 0. The van der Waals surface area contributed by atoms with E-state index in [9.17, 15) is 0 Å². The molecule has 3 nitrogen and oxygen atoms in total. The Balaban J connectivity index is 1.74. The Bertz CT molecular complexity index is 579. The van der Waals surface area contributed by atoms with Gasteiger partial charge in [0.2, 0.25) is 0 Å². The lowest BCUT2D eigenvalue weighted by atomic mass is 10.0. The first-order valence-electron chi connectivity index (χ1n) is 7.28. The Morgan fingerprint density at radius 2 is 2.30 bits per heavy atom. The largest absolute Gasteiger partial charge is 0.370 e. The SMILES string of the molecule is CCNc1cccc(CN2CCc3sccc3C2C)n1. The van der Waals surface area contributed by atoms with E-state index in [4.69, 9.17) is 0 Å². The highest BCUT2D eigenvalue weighted by Gasteiger charge is 2.24. The van der Waals surface area contributed by atoms with Crippen molar-refractivity contribution in [3.8, 4) is 0 Å². The molecule has 1 atom stereocenters. The van der Waals surface area contributed by atoms with E-state index in [1.54, 1.807) is 4.88 Å². The zero-order valence-electron chi connectivity index (χ0n) is 12.1. The molecule has 0 saturated carbocycles. The lowest BCUT2D eigenvalue weighted by Crippen LogP contribution is -2.32. The summed E-state index contributed by atoms with van der Waals surface area (Å²) in [6.45, 7) is 7.37. The van der Waals surface area contributed by atoms with Crippen LogP contribution in [-0.2, 0) is 13.0 Å². The number of fused-ring (bicyclic) bond motifs is 1. The van der Waals surface area contributed by atoms with E-state index in [-0.39, 0.29) is 0 Å². The van der Waals surface area contributed by atoms with Gasteiger partial charge < -0.3 is 5.32 Å². The van der Waals surface area contributed by atoms with Gasteiger partial charge in [-0.05, 0) is 49.4 Å². The molecule has 106 valence electrons. The molecule has 0 fully saturated rings. The molecule has 0 amide bonds. The van der Waals surface area contributed by atoms with E-state index in [1.807, 2.05) is 17.4 Å². The smallest absolute Gasteiger partial charge is 0.126 e. The normalized spacial score (nSPS) is 18.8. The minimum Gasteiger partial charge on any atom is -0.370 e. The van der Waals surface area contributed by atoms with Crippen molar-refractivity contribution in [2.45, 2.75) is 32.9 Å². The standard InChI is InChI=1S/C16H21N3S/c1-3-17-16-6-4-5-13(18-16)11-19-9-7-15-14(12(19)2)8-10-20-15/h4-6,8,10,12H,3,7,9,11H2,1-2H3,(H,17,18). The fourth-order valence-corrected chi connectivity index (χ4v) is 3.80. The summed E-state index contributed by atoms with van der Waals surface area (Å²) in [4.78, 5) is 8.76. The summed E-state index contributed by atoms with van der Waals surface area (Å²) >= 11 is 1.89. The van der Waals surface area contributed by atoms with Gasteiger partial charge >= 0.3 is 0 Å². The average molecular weight is 287 g/mol. The molecule has 0 spiro atoms. The second-order valence-corrected chi connectivity index (χ2v) is 6.24. The summed E-state index contributed by atoms with van der Waals surface area (Å²) in [5.41, 5.74) is 2.65. The first kappa shape index (κ1) is 13.6. The summed E-state index contributed by atoms with van der Waals surface area (Å²) in [6.07, 6.45) is 1.17. The third kappa shape index (κ3) is 2.72. The monoisotopic (exact) mass is 287 g/mol. The molecule has 20 heavy (non-hydrogen) atoms. The van der Waals surface area contributed by atoms with Crippen LogP contribution in [0.5, 0.6) is 0 Å². The Morgan fingerprint density at radius 1 is 1.40 bits per heavy atom. The van der Waals surface area contributed by atoms with Gasteiger partial charge in [-0.3, -0.25) is 4.90 Å². The lowest BCUT2D eigenvalue weighted by Gasteiger charge is -2.33. The van der Waals surface area contributed by atoms with Gasteiger partial charge in [0.25, 0.3) is 0 Å². The highest BCUT2D eigenvalue weighted by atomic mass is 32.1. The molecular weight excluding hydrogens is 266 g/mol. The van der Waals surface area contributed by atoms with Crippen LogP contribution < -0.4 is 5.32 Å². The lowest BCUT2D eigenvalue weighted by molar-refractivity contribution is 0.189. The molecule has 0 aliphatic carbocycles. The number of rotatable bonds is 4. The third-order valence-corrected chi connectivity index (χ3v) is 4.93. The molecule has 4 heteroatoms. The van der Waals surface area contributed by atoms with Crippen molar-refractivity contribution in [2.24, 2.45) is 0 Å². The van der Waals surface area contributed by atoms with E-state index in [0.717, 1.165) is 31.1 Å². The molecule has 0 bridgehead atoms. The van der Waals surface area contributed by atoms with Gasteiger partial charge in [-0.1, -0.05) is 6.07 Å². The topological polar surface area (TPSA) is 28.2 Å². The molecule has 3 heterocycles. The van der Waals surface area contributed by atoms with Crippen LogP contribution in [0.3, 0.4) is 0 Å². The molecule has 0 radical (unpaired) electrons. The predicted octanol–water partition coefficient (Wildman–Crippen LogP) is 3.69. The fraction of sp³-hybridized carbons (Fsp3) is 0.438. The van der Waals surface area contributed by atoms with Crippen molar-refractivity contribution < 1.29 is 0 Å². The number of nitrogens with zero attached hydrogens (tertiary/aromatic N) is 2. The van der Waals surface area contributed by atoms with Gasteiger partial charge in [0.1, 0.15) is 5.82 Å². The molecule has 1 N–H and O–H groups in total. The molecule has 0 aromatic carbocycles. The van der Waals surface area contributed by atoms with E-state index in [2.05, 4.69) is 52.6 Å². The molecule has 2 aromatic heterocycles. The summed E-state index contributed by atoms with van der Waals surface area (Å²) in [7, 11) is 0. The van der Waals surface area contributed by atoms with Crippen molar-refractivity contribution in [2.75, 3.05) is 18.4 Å². The minimum atomic E-state index is 0.495. The van der Waals surface area contributed by atoms with Crippen molar-refractivity contribution in [3.63, 3.8) is 0 Å². The Labute approximate surface area is 124 Å². The van der Waals surface area contributed by atoms with Gasteiger partial charge in [-0.15, -0.1) is 11.3 Å². The molecule has 2 aromatic rings. The van der Waals surface area contributed by atoms with E-state index >= 15 is 0 Å². The predicted molar refractivity (Wildman–Crippen MR) is 85.2 cm³/mol. The molecule has 1 aliphatic rings. The zero-order chi connectivity index (χ0) is 13.9. The minimum absolute atomic E-state index is 0.495. The number of thiophene rings is 1. The van der Waals surface area contributed by atoms with Crippen molar-refractivity contribution in [1.29, 1.82) is 0 Å². The quantitative estimate of drug-likeness (QED) is 0.929. The number of anilines is 1. The summed E-state index contributed by atoms with van der Waals surface area (Å²) in [5.74, 6) is 0.978. The van der Waals surface area contributed by atoms with E-state index in [0.29, 0.717) is 6.04 Å². The Kier molecular flexibility index (Phi) is 4.03. The van der Waals surface area contributed by atoms with Crippen LogP contribution in [-0.4, -0.2) is 23.0 Å². The highest BCUT2D eigenvalue weighted by Crippen LogP contribution is 2.33. The van der Waals surface area contributed by atoms with Crippen LogP contribution in [0.4, 0.5) is 5.82 Å². The van der Waals surface area contributed by atoms with Crippen LogP contribution in [0.25, 0.3) is 0 Å². The van der Waals surface area contributed by atoms with Crippen LogP contribution in [0.15, 0.2) is 29.6 Å². The summed E-state index contributed by atoms with van der Waals surface area (Å²) in [5, 5.41) is 5.50. The van der Waals surface area contributed by atoms with Gasteiger partial charge in [0, 0.05) is 30.6 Å². The number of hydrogen-bond acceptors (Lipinski definition) is 4. The van der Waals surface area contributed by atoms with Gasteiger partial charge in [-0.25, -0.2) is 4.98 Å². The highest BCUT2D eigenvalue weighted by molar-refractivity contribution is 7.10. The second-order valence-electron chi connectivity index (χ2n) is 5.24. The fourth-order valence-electron chi connectivity index (χ4n) is 2.83. The van der Waals surface area contributed by atoms with Gasteiger partial charge in [0.15, 0.2) is 0 Å². The Hall–Kier alpha value is -1.39. The van der Waals surface area contributed by atoms with E-state index in [1.165, 1.54) is 12.0 Å². The van der Waals surface area contributed by atoms with Crippen LogP contribution >= 0.6 is 11.3 Å². The first-order valence-corrected chi connectivity index (χ1v) is 8.16. The van der Waals surface area contributed by atoms with Crippen LogP contribution in [0.2, 0.25) is 0 Å². The number of hydrogen-bond donors (Lipinski definition) is 1. The maximum absolute atomic E-state index is 4.68. The van der Waals surface area contributed by atoms with Crippen molar-refractivity contribution in [1.82, 2.24) is 9.88 Å². The maximum atomic E-state index is 4.68. The van der Waals surface area contributed by atoms with E-state index < -0.39 is 0 Å². The average Bonchev–Trinajstić information content (AvgIpc) is 2.92. The van der Waals surface area contributed by atoms with Crippen LogP contribution in [0, 0.1) is 0 Å². The van der Waals surface area contributed by atoms with Gasteiger partial charge in [0.05, 0.1) is 5.69 Å². The van der Waals surface area contributed by atoms with Crippen LogP contribution in [0.1, 0.15) is 36.0 Å². The number of pyridine rings is 1. The second kappa shape index (κ2) is 5.94. The number of nitrogens with one attached hydrogen (secondary N) is 1. The molecule has 1 unspecified atom stereocenters. The van der Waals surface area contributed by atoms with Crippen molar-refractivity contribution in [3.05, 3.63) is 45.8 Å². The number of aromatic nitrogens is 1. The van der Waals surface area contributed by atoms with Gasteiger partial charge in [-0.2, -0.15) is 0 Å². The third-order valence-electron chi connectivity index (χ3n) is 3.93. The molecule has 3 rings (SSSR count). The Morgan fingerprint density at radius 3 is 3.15 bits per heavy atom. The summed E-state index contributed by atoms with van der Waals surface area (Å²) in [6, 6.07) is 9.01.